The molecule has 1 aliphatic rings. The number of carbonyl (C=O) groups is 2. The van der Waals surface area contributed by atoms with Crippen molar-refractivity contribution in [3.63, 3.8) is 0 Å². The van der Waals surface area contributed by atoms with E-state index < -0.39 is 6.04 Å². The third-order valence-corrected chi connectivity index (χ3v) is 6.25. The Morgan fingerprint density at radius 1 is 1.07 bits per heavy atom. The number of piperazine rings is 1. The number of hydrogen-bond acceptors (Lipinski definition) is 5. The lowest BCUT2D eigenvalue weighted by atomic mass is 10.1. The van der Waals surface area contributed by atoms with Crippen LogP contribution >= 0.6 is 11.5 Å². The van der Waals surface area contributed by atoms with Gasteiger partial charge in [0.2, 0.25) is 5.91 Å². The van der Waals surface area contributed by atoms with E-state index in [0.29, 0.717) is 43.7 Å². The fraction of sp³-hybridized carbons (Fsp3) is 0.350. The summed E-state index contributed by atoms with van der Waals surface area (Å²) in [4.78, 5) is 41.7. The molecule has 3 heterocycles. The highest BCUT2D eigenvalue weighted by Crippen LogP contribution is 2.23. The summed E-state index contributed by atoms with van der Waals surface area (Å²) < 4.78 is 7.64. The second-order valence-electron chi connectivity index (χ2n) is 6.74. The largest absolute Gasteiger partial charge is 0.459 e. The molecule has 0 spiro atoms. The third-order valence-electron chi connectivity index (χ3n) is 5.08. The molecule has 0 bridgehead atoms. The normalized spacial score (nSPS) is 15.8. The Kier molecular flexibility index (Phi) is 5.04. The van der Waals surface area contributed by atoms with Crippen molar-refractivity contribution in [1.29, 1.82) is 0 Å². The van der Waals surface area contributed by atoms with Gasteiger partial charge >= 0.3 is 0 Å². The summed E-state index contributed by atoms with van der Waals surface area (Å²) in [5, 5.41) is 0.646. The van der Waals surface area contributed by atoms with E-state index in [9.17, 15) is 14.4 Å². The molecule has 1 aliphatic heterocycles. The molecule has 28 heavy (non-hydrogen) atoms. The van der Waals surface area contributed by atoms with E-state index in [1.54, 1.807) is 32.0 Å². The van der Waals surface area contributed by atoms with Crippen LogP contribution < -0.4 is 5.56 Å². The van der Waals surface area contributed by atoms with Crippen LogP contribution in [0.15, 0.2) is 51.9 Å². The SMILES string of the molecule is CC[C@H](C(=O)N1CCN(C(=O)c2ccco2)CC1)n1sc2ccccc2c1=O. The minimum Gasteiger partial charge on any atom is -0.459 e. The van der Waals surface area contributed by atoms with Crippen LogP contribution in [-0.4, -0.2) is 51.7 Å². The highest BCUT2D eigenvalue weighted by atomic mass is 32.1. The summed E-state index contributed by atoms with van der Waals surface area (Å²) in [5.41, 5.74) is -0.118. The lowest BCUT2D eigenvalue weighted by Crippen LogP contribution is -2.52. The van der Waals surface area contributed by atoms with Gasteiger partial charge in [0.05, 0.1) is 16.3 Å². The molecule has 0 unspecified atom stereocenters. The number of benzene rings is 1. The van der Waals surface area contributed by atoms with Crippen LogP contribution in [0.1, 0.15) is 29.9 Å². The molecule has 146 valence electrons. The molecule has 0 aliphatic carbocycles. The molecule has 1 aromatic carbocycles. The number of fused-ring (bicyclic) bond motifs is 1. The quantitative estimate of drug-likeness (QED) is 0.676. The Labute approximate surface area is 165 Å². The minimum absolute atomic E-state index is 0.0683. The summed E-state index contributed by atoms with van der Waals surface area (Å²) in [5.74, 6) is 0.0779. The Morgan fingerprint density at radius 2 is 1.79 bits per heavy atom. The van der Waals surface area contributed by atoms with Crippen molar-refractivity contribution in [3.05, 3.63) is 58.8 Å². The molecule has 2 amide bonds. The first-order valence-electron chi connectivity index (χ1n) is 9.32. The molecule has 8 heteroatoms. The van der Waals surface area contributed by atoms with Crippen molar-refractivity contribution < 1.29 is 14.0 Å². The van der Waals surface area contributed by atoms with E-state index in [2.05, 4.69) is 0 Å². The van der Waals surface area contributed by atoms with Crippen LogP contribution in [0.5, 0.6) is 0 Å². The predicted octanol–water partition coefficient (Wildman–Crippen LogP) is 2.59. The van der Waals surface area contributed by atoms with E-state index in [-0.39, 0.29) is 17.4 Å². The maximum atomic E-state index is 13.1. The number of nitrogens with zero attached hydrogens (tertiary/aromatic N) is 3. The monoisotopic (exact) mass is 399 g/mol. The minimum atomic E-state index is -0.516. The molecule has 0 saturated carbocycles. The average Bonchev–Trinajstić information content (AvgIpc) is 3.37. The molecular formula is C20H21N3O4S. The second-order valence-corrected chi connectivity index (χ2v) is 7.75. The van der Waals surface area contributed by atoms with Gasteiger partial charge in [-0.15, -0.1) is 0 Å². The summed E-state index contributed by atoms with van der Waals surface area (Å²) >= 11 is 1.33. The zero-order chi connectivity index (χ0) is 19.7. The van der Waals surface area contributed by atoms with Gasteiger partial charge < -0.3 is 14.2 Å². The first-order chi connectivity index (χ1) is 13.6. The number of amides is 2. The molecule has 3 aromatic rings. The van der Waals surface area contributed by atoms with Crippen molar-refractivity contribution >= 4 is 33.4 Å². The highest BCUT2D eigenvalue weighted by Gasteiger charge is 2.31. The van der Waals surface area contributed by atoms with Gasteiger partial charge in [0, 0.05) is 26.2 Å². The summed E-state index contributed by atoms with van der Waals surface area (Å²) in [6.45, 7) is 3.70. The van der Waals surface area contributed by atoms with Gasteiger partial charge in [0.25, 0.3) is 11.5 Å². The first-order valence-corrected chi connectivity index (χ1v) is 10.1. The van der Waals surface area contributed by atoms with Crippen molar-refractivity contribution in [1.82, 2.24) is 13.8 Å². The van der Waals surface area contributed by atoms with Gasteiger partial charge in [-0.1, -0.05) is 30.6 Å². The van der Waals surface area contributed by atoms with Crippen LogP contribution in [-0.2, 0) is 4.79 Å². The predicted molar refractivity (Wildman–Crippen MR) is 107 cm³/mol. The van der Waals surface area contributed by atoms with Crippen LogP contribution in [0.3, 0.4) is 0 Å². The molecule has 4 rings (SSSR count). The van der Waals surface area contributed by atoms with E-state index >= 15 is 0 Å². The number of carbonyl (C=O) groups excluding carboxylic acids is 2. The molecule has 0 N–H and O–H groups in total. The standard InChI is InChI=1S/C20H21N3O4S/c1-2-15(23-18(24)14-6-3-4-8-17(14)28-23)19(25)21-9-11-22(12-10-21)20(26)16-7-5-13-27-16/h3-8,13,15H,2,9-12H2,1H3/t15-/m1/s1. The lowest BCUT2D eigenvalue weighted by molar-refractivity contribution is -0.136. The third kappa shape index (κ3) is 3.24. The van der Waals surface area contributed by atoms with E-state index in [1.807, 2.05) is 25.1 Å². The fourth-order valence-corrected chi connectivity index (χ4v) is 4.68. The Morgan fingerprint density at radius 3 is 2.43 bits per heavy atom. The Balaban J connectivity index is 1.48. The maximum absolute atomic E-state index is 13.1. The molecule has 1 saturated heterocycles. The smallest absolute Gasteiger partial charge is 0.289 e. The molecule has 1 fully saturated rings. The van der Waals surface area contributed by atoms with E-state index in [4.69, 9.17) is 4.42 Å². The van der Waals surface area contributed by atoms with Gasteiger partial charge in [-0.05, 0) is 30.7 Å². The van der Waals surface area contributed by atoms with Gasteiger partial charge in [-0.25, -0.2) is 0 Å². The van der Waals surface area contributed by atoms with Crippen LogP contribution in [0.2, 0.25) is 0 Å². The number of aromatic nitrogens is 1. The zero-order valence-corrected chi connectivity index (χ0v) is 16.4. The van der Waals surface area contributed by atoms with Crippen molar-refractivity contribution in [2.75, 3.05) is 26.2 Å². The molecular weight excluding hydrogens is 378 g/mol. The van der Waals surface area contributed by atoms with E-state index in [0.717, 1.165) is 4.70 Å². The summed E-state index contributed by atoms with van der Waals surface area (Å²) in [6.07, 6.45) is 2.01. The molecule has 1 atom stereocenters. The fourth-order valence-electron chi connectivity index (χ4n) is 3.53. The Hall–Kier alpha value is -2.87. The van der Waals surface area contributed by atoms with Crippen molar-refractivity contribution in [3.8, 4) is 0 Å². The first kappa shape index (κ1) is 18.5. The van der Waals surface area contributed by atoms with Crippen LogP contribution in [0.25, 0.3) is 10.1 Å². The van der Waals surface area contributed by atoms with Gasteiger partial charge in [-0.2, -0.15) is 0 Å². The molecule has 7 nitrogen and oxygen atoms in total. The van der Waals surface area contributed by atoms with Crippen LogP contribution in [0, 0.1) is 0 Å². The lowest BCUT2D eigenvalue weighted by Gasteiger charge is -2.36. The summed E-state index contributed by atoms with van der Waals surface area (Å²) in [7, 11) is 0. The average molecular weight is 399 g/mol. The number of hydrogen-bond donors (Lipinski definition) is 0. The molecule has 0 radical (unpaired) electrons. The van der Waals surface area contributed by atoms with Gasteiger partial charge in [-0.3, -0.25) is 18.3 Å². The number of rotatable bonds is 4. The number of furan rings is 1. The Bertz CT molecular complexity index is 1050. The molecule has 2 aromatic heterocycles. The van der Waals surface area contributed by atoms with E-state index in [1.165, 1.54) is 17.8 Å². The second kappa shape index (κ2) is 7.63. The van der Waals surface area contributed by atoms with Gasteiger partial charge in [0.15, 0.2) is 5.76 Å². The van der Waals surface area contributed by atoms with Crippen molar-refractivity contribution in [2.24, 2.45) is 0 Å². The highest BCUT2D eigenvalue weighted by molar-refractivity contribution is 7.14. The maximum Gasteiger partial charge on any atom is 0.289 e. The van der Waals surface area contributed by atoms with Crippen molar-refractivity contribution in [2.45, 2.75) is 19.4 Å². The zero-order valence-electron chi connectivity index (χ0n) is 15.5. The van der Waals surface area contributed by atoms with Crippen LogP contribution in [0.4, 0.5) is 0 Å². The van der Waals surface area contributed by atoms with Gasteiger partial charge in [0.1, 0.15) is 6.04 Å². The topological polar surface area (TPSA) is 75.8 Å². The summed E-state index contributed by atoms with van der Waals surface area (Å²) in [6, 6.07) is 10.2.